The molecule has 2 aromatic rings. The van der Waals surface area contributed by atoms with E-state index in [1.54, 1.807) is 0 Å². The minimum absolute atomic E-state index is 0.829. The predicted octanol–water partition coefficient (Wildman–Crippen LogP) is 5.23. The first-order valence-electron chi connectivity index (χ1n) is 12.4. The van der Waals surface area contributed by atoms with Crippen LogP contribution < -0.4 is 0 Å². The van der Waals surface area contributed by atoms with Crippen LogP contribution in [-0.4, -0.2) is 55.7 Å². The third kappa shape index (κ3) is 5.39. The zero-order chi connectivity index (χ0) is 21.0. The summed E-state index contributed by atoms with van der Waals surface area (Å²) in [5.41, 5.74) is 5.38. The predicted molar refractivity (Wildman–Crippen MR) is 128 cm³/mol. The molecule has 0 radical (unpaired) electrons. The van der Waals surface area contributed by atoms with Crippen LogP contribution in [0.4, 0.5) is 0 Å². The van der Waals surface area contributed by atoms with E-state index in [0.29, 0.717) is 0 Å². The number of likely N-dealkylation sites (tertiary alicyclic amines) is 2. The van der Waals surface area contributed by atoms with Gasteiger partial charge in [-0.1, -0.05) is 60.5 Å². The second kappa shape index (κ2) is 9.85. The molecule has 3 nitrogen and oxygen atoms in total. The van der Waals surface area contributed by atoms with Gasteiger partial charge in [0, 0.05) is 32.8 Å². The van der Waals surface area contributed by atoms with Gasteiger partial charge in [0.15, 0.2) is 0 Å². The summed E-state index contributed by atoms with van der Waals surface area (Å²) in [5.74, 6) is 2.59. The van der Waals surface area contributed by atoms with Crippen molar-refractivity contribution in [3.05, 3.63) is 59.7 Å². The van der Waals surface area contributed by atoms with E-state index >= 15 is 0 Å². The van der Waals surface area contributed by atoms with Crippen LogP contribution in [0.3, 0.4) is 0 Å². The van der Waals surface area contributed by atoms with E-state index in [0.717, 1.165) is 37.5 Å². The van der Waals surface area contributed by atoms with Crippen molar-refractivity contribution in [2.24, 2.45) is 17.8 Å². The normalized spacial score (nSPS) is 26.2. The lowest BCUT2D eigenvalue weighted by Gasteiger charge is -2.26. The van der Waals surface area contributed by atoms with Crippen LogP contribution in [0.5, 0.6) is 0 Å². The Bertz CT molecular complexity index is 830. The zero-order valence-electron chi connectivity index (χ0n) is 19.1. The van der Waals surface area contributed by atoms with Crippen LogP contribution in [0.1, 0.15) is 36.8 Å². The highest BCUT2D eigenvalue weighted by molar-refractivity contribution is 5.64. The van der Waals surface area contributed by atoms with Gasteiger partial charge in [-0.15, -0.1) is 0 Å². The smallest absolute Gasteiger partial charge is 0.0500 e. The highest BCUT2D eigenvalue weighted by Crippen LogP contribution is 2.52. The Labute approximate surface area is 188 Å². The van der Waals surface area contributed by atoms with E-state index in [4.69, 9.17) is 4.74 Å². The zero-order valence-corrected chi connectivity index (χ0v) is 19.1. The van der Waals surface area contributed by atoms with Gasteiger partial charge >= 0.3 is 0 Å². The molecule has 5 rings (SSSR count). The summed E-state index contributed by atoms with van der Waals surface area (Å²) in [4.78, 5) is 5.26. The SMILES string of the molecule is Cc1cccc(-c2ccc(CN3C[C@@H]4C(COCCCN5CCCCC5)[C@@H]4C3)cc2)c1. The Hall–Kier alpha value is -1.68. The summed E-state index contributed by atoms with van der Waals surface area (Å²) in [7, 11) is 0. The van der Waals surface area contributed by atoms with Crippen LogP contribution in [0.25, 0.3) is 11.1 Å². The van der Waals surface area contributed by atoms with Crippen molar-refractivity contribution in [1.82, 2.24) is 9.80 Å². The second-order valence-corrected chi connectivity index (χ2v) is 10.1. The highest BCUT2D eigenvalue weighted by Gasteiger charge is 2.55. The van der Waals surface area contributed by atoms with Gasteiger partial charge in [0.05, 0.1) is 6.61 Å². The average Bonchev–Trinajstić information content (AvgIpc) is 3.25. The molecule has 31 heavy (non-hydrogen) atoms. The van der Waals surface area contributed by atoms with Gasteiger partial charge < -0.3 is 9.64 Å². The molecule has 2 aliphatic heterocycles. The number of hydrogen-bond acceptors (Lipinski definition) is 3. The lowest BCUT2D eigenvalue weighted by atomic mass is 10.0. The fourth-order valence-corrected chi connectivity index (χ4v) is 5.79. The standard InChI is InChI=1S/C28H38N2O/c1-22-7-5-8-25(17-22)24-11-9-23(10-12-24)18-30-19-26-27(20-30)28(26)21-31-16-6-15-29-13-3-2-4-14-29/h5,7-12,17,26-28H,2-4,6,13-16,18-21H2,1H3/t26-,27+,28?. The molecule has 3 aliphatic rings. The second-order valence-electron chi connectivity index (χ2n) is 10.1. The quantitative estimate of drug-likeness (QED) is 0.519. The van der Waals surface area contributed by atoms with E-state index in [-0.39, 0.29) is 0 Å². The third-order valence-corrected chi connectivity index (χ3v) is 7.68. The Morgan fingerprint density at radius 2 is 1.65 bits per heavy atom. The lowest BCUT2D eigenvalue weighted by Crippen LogP contribution is -2.31. The van der Waals surface area contributed by atoms with E-state index in [2.05, 4.69) is 65.3 Å². The first-order chi connectivity index (χ1) is 15.3. The van der Waals surface area contributed by atoms with Crippen molar-refractivity contribution < 1.29 is 4.74 Å². The molecule has 2 heterocycles. The fraction of sp³-hybridized carbons (Fsp3) is 0.571. The number of fused-ring (bicyclic) bond motifs is 1. The first-order valence-corrected chi connectivity index (χ1v) is 12.4. The lowest BCUT2D eigenvalue weighted by molar-refractivity contribution is 0.0967. The number of benzene rings is 2. The molecule has 2 saturated heterocycles. The molecule has 0 amide bonds. The maximum Gasteiger partial charge on any atom is 0.0500 e. The van der Waals surface area contributed by atoms with Crippen molar-refractivity contribution in [2.75, 3.05) is 45.9 Å². The number of nitrogens with zero attached hydrogens (tertiary/aromatic N) is 2. The molecule has 0 bridgehead atoms. The summed E-state index contributed by atoms with van der Waals surface area (Å²) in [5, 5.41) is 0. The van der Waals surface area contributed by atoms with Gasteiger partial charge in [-0.2, -0.15) is 0 Å². The molecule has 3 fully saturated rings. The summed E-state index contributed by atoms with van der Waals surface area (Å²) in [6.07, 6.45) is 5.40. The minimum Gasteiger partial charge on any atom is -0.381 e. The van der Waals surface area contributed by atoms with E-state index < -0.39 is 0 Å². The van der Waals surface area contributed by atoms with Crippen molar-refractivity contribution >= 4 is 0 Å². The number of ether oxygens (including phenoxy) is 1. The van der Waals surface area contributed by atoms with Crippen LogP contribution in [0.15, 0.2) is 48.5 Å². The fourth-order valence-electron chi connectivity index (χ4n) is 5.79. The molecule has 3 heteroatoms. The summed E-state index contributed by atoms with van der Waals surface area (Å²) < 4.78 is 6.06. The van der Waals surface area contributed by atoms with Gasteiger partial charge in [-0.3, -0.25) is 4.90 Å². The first kappa shape index (κ1) is 21.2. The Morgan fingerprint density at radius 3 is 2.39 bits per heavy atom. The van der Waals surface area contributed by atoms with E-state index in [1.807, 2.05) is 0 Å². The molecular formula is C28H38N2O. The summed E-state index contributed by atoms with van der Waals surface area (Å²) in [6, 6.07) is 17.9. The van der Waals surface area contributed by atoms with Crippen molar-refractivity contribution in [2.45, 2.75) is 39.2 Å². The Balaban J connectivity index is 0.994. The van der Waals surface area contributed by atoms with Crippen molar-refractivity contribution in [3.8, 4) is 11.1 Å². The molecule has 1 unspecified atom stereocenters. The van der Waals surface area contributed by atoms with Crippen LogP contribution in [0, 0.1) is 24.7 Å². The third-order valence-electron chi connectivity index (χ3n) is 7.68. The molecule has 166 valence electrons. The number of aryl methyl sites for hydroxylation is 1. The molecule has 3 atom stereocenters. The van der Waals surface area contributed by atoms with Crippen LogP contribution >= 0.6 is 0 Å². The molecular weight excluding hydrogens is 380 g/mol. The van der Waals surface area contributed by atoms with Gasteiger partial charge in [0.2, 0.25) is 0 Å². The van der Waals surface area contributed by atoms with Gasteiger partial charge in [0.1, 0.15) is 0 Å². The minimum atomic E-state index is 0.829. The topological polar surface area (TPSA) is 15.7 Å². The van der Waals surface area contributed by atoms with E-state index in [9.17, 15) is 0 Å². The average molecular weight is 419 g/mol. The van der Waals surface area contributed by atoms with Crippen LogP contribution in [-0.2, 0) is 11.3 Å². The maximum atomic E-state index is 6.06. The van der Waals surface area contributed by atoms with Gasteiger partial charge in [-0.05, 0) is 73.7 Å². The summed E-state index contributed by atoms with van der Waals surface area (Å²) >= 11 is 0. The summed E-state index contributed by atoms with van der Waals surface area (Å²) in [6.45, 7) is 11.5. The molecule has 0 N–H and O–H groups in total. The molecule has 1 aliphatic carbocycles. The molecule has 2 aromatic carbocycles. The van der Waals surface area contributed by atoms with Gasteiger partial charge in [0.25, 0.3) is 0 Å². The Kier molecular flexibility index (Phi) is 6.73. The Morgan fingerprint density at radius 1 is 0.871 bits per heavy atom. The van der Waals surface area contributed by atoms with Gasteiger partial charge in [-0.25, -0.2) is 0 Å². The van der Waals surface area contributed by atoms with Crippen LogP contribution in [0.2, 0.25) is 0 Å². The molecule has 0 spiro atoms. The largest absolute Gasteiger partial charge is 0.381 e. The number of piperidine rings is 2. The van der Waals surface area contributed by atoms with Crippen molar-refractivity contribution in [3.63, 3.8) is 0 Å². The highest BCUT2D eigenvalue weighted by atomic mass is 16.5. The maximum absolute atomic E-state index is 6.06. The molecule has 0 aromatic heterocycles. The van der Waals surface area contributed by atoms with Crippen molar-refractivity contribution in [1.29, 1.82) is 0 Å². The number of hydrogen-bond donors (Lipinski definition) is 0. The number of rotatable bonds is 9. The monoisotopic (exact) mass is 418 g/mol. The van der Waals surface area contributed by atoms with E-state index in [1.165, 1.54) is 80.7 Å². The molecule has 1 saturated carbocycles.